The number of nitrogens with two attached hydrogens (primary N) is 1. The second kappa shape index (κ2) is 10.2. The molecule has 1 aromatic carbocycles. The maximum atomic E-state index is 11.6. The van der Waals surface area contributed by atoms with E-state index in [1.807, 2.05) is 0 Å². The lowest BCUT2D eigenvalue weighted by Crippen LogP contribution is -2.46. The normalized spacial score (nSPS) is 18.5. The van der Waals surface area contributed by atoms with Crippen molar-refractivity contribution >= 4 is 34.2 Å². The van der Waals surface area contributed by atoms with Crippen LogP contribution in [0.15, 0.2) is 28.7 Å². The summed E-state index contributed by atoms with van der Waals surface area (Å²) in [5.74, 6) is 0.0617. The van der Waals surface area contributed by atoms with Gasteiger partial charge in [-0.15, -0.1) is 12.4 Å². The van der Waals surface area contributed by atoms with Crippen LogP contribution in [0.1, 0.15) is 31.2 Å². The second-order valence-corrected chi connectivity index (χ2v) is 6.50. The zero-order valence-electron chi connectivity index (χ0n) is 12.8. The molecular weight excluding hydrogens is 366 g/mol. The van der Waals surface area contributed by atoms with Crippen LogP contribution in [0.4, 0.5) is 0 Å². The fourth-order valence-electron chi connectivity index (χ4n) is 2.77. The Labute approximate surface area is 147 Å². The zero-order valence-corrected chi connectivity index (χ0v) is 15.2. The molecule has 0 spiro atoms. The quantitative estimate of drug-likeness (QED) is 0.785. The smallest absolute Gasteiger partial charge is 0.221 e. The molecule has 0 aromatic heterocycles. The van der Waals surface area contributed by atoms with Crippen molar-refractivity contribution in [1.82, 2.24) is 10.2 Å². The molecule has 6 heteroatoms. The Morgan fingerprint density at radius 3 is 2.73 bits per heavy atom. The van der Waals surface area contributed by atoms with Crippen molar-refractivity contribution in [3.63, 3.8) is 0 Å². The van der Waals surface area contributed by atoms with E-state index in [1.165, 1.54) is 18.4 Å². The summed E-state index contributed by atoms with van der Waals surface area (Å²) >= 11 is 3.47. The Morgan fingerprint density at radius 2 is 2.05 bits per heavy atom. The first-order valence-corrected chi connectivity index (χ1v) is 8.43. The standard InChI is InChI=1S/C16H24BrN3O.ClH/c17-14-6-4-13(5-7-14)12-20-10-2-1-3-15(20)11-19-16(21)8-9-18;/h4-7,15H,1-3,8-12,18H2,(H,19,21);1H. The van der Waals surface area contributed by atoms with Crippen LogP contribution in [0.2, 0.25) is 0 Å². The number of hydrogen-bond acceptors (Lipinski definition) is 3. The molecule has 124 valence electrons. The summed E-state index contributed by atoms with van der Waals surface area (Å²) in [5, 5.41) is 3.01. The molecule has 0 radical (unpaired) electrons. The lowest BCUT2D eigenvalue weighted by Gasteiger charge is -2.36. The van der Waals surface area contributed by atoms with E-state index in [-0.39, 0.29) is 18.3 Å². The average Bonchev–Trinajstić information content (AvgIpc) is 2.49. The monoisotopic (exact) mass is 389 g/mol. The van der Waals surface area contributed by atoms with Crippen LogP contribution in [-0.2, 0) is 11.3 Å². The zero-order chi connectivity index (χ0) is 15.1. The molecule has 1 aliphatic heterocycles. The molecule has 1 atom stereocenters. The average molecular weight is 391 g/mol. The molecule has 1 unspecified atom stereocenters. The van der Waals surface area contributed by atoms with Crippen LogP contribution in [0.5, 0.6) is 0 Å². The number of carbonyl (C=O) groups is 1. The van der Waals surface area contributed by atoms with Crippen LogP contribution >= 0.6 is 28.3 Å². The van der Waals surface area contributed by atoms with Crippen molar-refractivity contribution in [2.24, 2.45) is 5.73 Å². The lowest BCUT2D eigenvalue weighted by molar-refractivity contribution is -0.121. The van der Waals surface area contributed by atoms with Crippen molar-refractivity contribution < 1.29 is 4.79 Å². The van der Waals surface area contributed by atoms with E-state index in [0.29, 0.717) is 19.0 Å². The van der Waals surface area contributed by atoms with Crippen LogP contribution < -0.4 is 11.1 Å². The van der Waals surface area contributed by atoms with Crippen molar-refractivity contribution in [1.29, 1.82) is 0 Å². The van der Waals surface area contributed by atoms with Crippen LogP contribution in [0.25, 0.3) is 0 Å². The van der Waals surface area contributed by atoms with E-state index in [1.54, 1.807) is 0 Å². The van der Waals surface area contributed by atoms with Crippen molar-refractivity contribution in [3.05, 3.63) is 34.3 Å². The topological polar surface area (TPSA) is 58.4 Å². The highest BCUT2D eigenvalue weighted by Gasteiger charge is 2.22. The summed E-state index contributed by atoms with van der Waals surface area (Å²) in [6, 6.07) is 8.91. The summed E-state index contributed by atoms with van der Waals surface area (Å²) in [4.78, 5) is 14.1. The Kier molecular flexibility index (Phi) is 9.02. The summed E-state index contributed by atoms with van der Waals surface area (Å²) in [5.41, 5.74) is 6.72. The first-order valence-electron chi connectivity index (χ1n) is 7.64. The predicted molar refractivity (Wildman–Crippen MR) is 96.1 cm³/mol. The number of nitrogens with zero attached hydrogens (tertiary/aromatic N) is 1. The summed E-state index contributed by atoms with van der Waals surface area (Å²) in [6.45, 7) is 3.20. The lowest BCUT2D eigenvalue weighted by atomic mass is 10.0. The maximum absolute atomic E-state index is 11.6. The van der Waals surface area contributed by atoms with E-state index in [9.17, 15) is 4.79 Å². The van der Waals surface area contributed by atoms with Gasteiger partial charge in [0.25, 0.3) is 0 Å². The molecule has 1 saturated heterocycles. The van der Waals surface area contributed by atoms with E-state index in [4.69, 9.17) is 5.73 Å². The number of nitrogens with one attached hydrogen (secondary N) is 1. The number of piperidine rings is 1. The van der Waals surface area contributed by atoms with Gasteiger partial charge >= 0.3 is 0 Å². The molecule has 1 amide bonds. The van der Waals surface area contributed by atoms with Gasteiger partial charge in [0.15, 0.2) is 0 Å². The van der Waals surface area contributed by atoms with Gasteiger partial charge in [-0.1, -0.05) is 34.5 Å². The van der Waals surface area contributed by atoms with E-state index < -0.39 is 0 Å². The molecule has 0 bridgehead atoms. The van der Waals surface area contributed by atoms with Gasteiger partial charge in [0.05, 0.1) is 0 Å². The first-order chi connectivity index (χ1) is 10.2. The Hall–Kier alpha value is -0.620. The minimum atomic E-state index is 0. The highest BCUT2D eigenvalue weighted by molar-refractivity contribution is 9.10. The third kappa shape index (κ3) is 6.24. The summed E-state index contributed by atoms with van der Waals surface area (Å²) in [7, 11) is 0. The van der Waals surface area contributed by atoms with Gasteiger partial charge in [-0.25, -0.2) is 0 Å². The van der Waals surface area contributed by atoms with Crippen molar-refractivity contribution in [2.75, 3.05) is 19.6 Å². The minimum absolute atomic E-state index is 0. The summed E-state index contributed by atoms with van der Waals surface area (Å²) < 4.78 is 1.11. The van der Waals surface area contributed by atoms with Gasteiger partial charge in [0, 0.05) is 36.6 Å². The van der Waals surface area contributed by atoms with E-state index >= 15 is 0 Å². The fraction of sp³-hybridized carbons (Fsp3) is 0.562. The number of amides is 1. The third-order valence-corrected chi connectivity index (χ3v) is 4.48. The molecule has 4 nitrogen and oxygen atoms in total. The Balaban J connectivity index is 0.00000242. The SMILES string of the molecule is Cl.NCCC(=O)NCC1CCCCN1Cc1ccc(Br)cc1. The molecule has 0 aliphatic carbocycles. The molecule has 1 aliphatic rings. The van der Waals surface area contributed by atoms with Crippen molar-refractivity contribution in [3.8, 4) is 0 Å². The van der Waals surface area contributed by atoms with Crippen LogP contribution in [0.3, 0.4) is 0 Å². The number of likely N-dealkylation sites (tertiary alicyclic amines) is 1. The van der Waals surface area contributed by atoms with Crippen LogP contribution in [-0.4, -0.2) is 36.5 Å². The Morgan fingerprint density at radius 1 is 1.32 bits per heavy atom. The fourth-order valence-corrected chi connectivity index (χ4v) is 3.04. The minimum Gasteiger partial charge on any atom is -0.354 e. The van der Waals surface area contributed by atoms with Gasteiger partial charge in [-0.3, -0.25) is 9.69 Å². The van der Waals surface area contributed by atoms with Crippen molar-refractivity contribution in [2.45, 2.75) is 38.3 Å². The highest BCUT2D eigenvalue weighted by atomic mass is 79.9. The number of hydrogen-bond donors (Lipinski definition) is 2. The first kappa shape index (κ1) is 19.4. The number of carbonyl (C=O) groups excluding carboxylic acids is 1. The predicted octanol–water partition coefficient (Wildman–Crippen LogP) is 2.69. The third-order valence-electron chi connectivity index (χ3n) is 3.95. The van der Waals surface area contributed by atoms with Crippen LogP contribution in [0, 0.1) is 0 Å². The van der Waals surface area contributed by atoms with Gasteiger partial charge < -0.3 is 11.1 Å². The van der Waals surface area contributed by atoms with E-state index in [2.05, 4.69) is 50.4 Å². The molecule has 1 heterocycles. The Bertz CT molecular complexity index is 455. The van der Waals surface area contributed by atoms with E-state index in [0.717, 1.165) is 30.5 Å². The van der Waals surface area contributed by atoms with Gasteiger partial charge in [0.1, 0.15) is 0 Å². The molecule has 3 N–H and O–H groups in total. The van der Waals surface area contributed by atoms with Gasteiger partial charge in [-0.2, -0.15) is 0 Å². The second-order valence-electron chi connectivity index (χ2n) is 5.59. The van der Waals surface area contributed by atoms with Gasteiger partial charge in [0.2, 0.25) is 5.91 Å². The molecule has 1 fully saturated rings. The van der Waals surface area contributed by atoms with Gasteiger partial charge in [-0.05, 0) is 37.1 Å². The molecule has 1 aromatic rings. The number of benzene rings is 1. The highest BCUT2D eigenvalue weighted by Crippen LogP contribution is 2.20. The molecule has 22 heavy (non-hydrogen) atoms. The largest absolute Gasteiger partial charge is 0.354 e. The number of halogens is 2. The molecule has 2 rings (SSSR count). The number of rotatable bonds is 6. The molecule has 0 saturated carbocycles. The summed E-state index contributed by atoms with van der Waals surface area (Å²) in [6.07, 6.45) is 4.05. The molecular formula is C16H25BrClN3O. The maximum Gasteiger partial charge on any atom is 0.221 e.